The van der Waals surface area contributed by atoms with Crippen LogP contribution in [0.15, 0.2) is 36.7 Å². The first-order chi connectivity index (χ1) is 15.2. The van der Waals surface area contributed by atoms with Crippen LogP contribution < -0.4 is 4.74 Å². The Morgan fingerprint density at radius 3 is 2.10 bits per heavy atom. The van der Waals surface area contributed by atoms with Gasteiger partial charge in [-0.1, -0.05) is 85.0 Å². The van der Waals surface area contributed by atoms with Gasteiger partial charge >= 0.3 is 0 Å². The molecule has 3 heteroatoms. The Kier molecular flexibility index (Phi) is 13.0. The first-order valence-corrected chi connectivity index (χ1v) is 12.8. The average molecular weight is 425 g/mol. The summed E-state index contributed by atoms with van der Waals surface area (Å²) in [6.45, 7) is 7.67. The van der Waals surface area contributed by atoms with Crippen LogP contribution in [0.3, 0.4) is 0 Å². The van der Waals surface area contributed by atoms with Crippen molar-refractivity contribution in [1.29, 1.82) is 0 Å². The van der Waals surface area contributed by atoms with E-state index in [2.05, 4.69) is 42.9 Å². The van der Waals surface area contributed by atoms with E-state index in [4.69, 9.17) is 4.74 Å². The molecule has 2 rings (SSSR count). The molecule has 3 nitrogen and oxygen atoms in total. The van der Waals surface area contributed by atoms with Gasteiger partial charge in [-0.25, -0.2) is 9.97 Å². The zero-order valence-corrected chi connectivity index (χ0v) is 20.2. The normalized spacial score (nSPS) is 12.1. The van der Waals surface area contributed by atoms with E-state index in [1.54, 1.807) is 0 Å². The topological polar surface area (TPSA) is 35.0 Å². The van der Waals surface area contributed by atoms with Gasteiger partial charge in [0, 0.05) is 18.0 Å². The lowest BCUT2D eigenvalue weighted by Crippen LogP contribution is -1.98. The minimum absolute atomic E-state index is 0.792. The molecular weight excluding hydrogens is 380 g/mol. The van der Waals surface area contributed by atoms with Crippen molar-refractivity contribution < 1.29 is 4.74 Å². The van der Waals surface area contributed by atoms with Gasteiger partial charge in [0.25, 0.3) is 0 Å². The van der Waals surface area contributed by atoms with Crippen LogP contribution in [-0.2, 0) is 6.42 Å². The Labute approximate surface area is 191 Å². The van der Waals surface area contributed by atoms with Crippen molar-refractivity contribution in [3.05, 3.63) is 42.2 Å². The van der Waals surface area contributed by atoms with Crippen LogP contribution in [0.5, 0.6) is 5.75 Å². The maximum Gasteiger partial charge on any atom is 0.159 e. The summed E-state index contributed by atoms with van der Waals surface area (Å²) in [6.07, 6.45) is 20.7. The standard InChI is InChI=1S/C28H44N2O/c1-4-6-7-8-9-10-13-16-25-22-29-28(30-23-25)26-17-19-27(20-18-26)31-21-14-11-12-15-24(3)5-2/h17-20,22-24H,4-16,21H2,1-3H3/t24-/m0/s1. The summed E-state index contributed by atoms with van der Waals surface area (Å²) in [4.78, 5) is 9.17. The van der Waals surface area contributed by atoms with Gasteiger partial charge in [-0.3, -0.25) is 0 Å². The zero-order valence-electron chi connectivity index (χ0n) is 20.2. The second-order valence-corrected chi connectivity index (χ2v) is 9.02. The molecule has 0 N–H and O–H groups in total. The molecule has 31 heavy (non-hydrogen) atoms. The van der Waals surface area contributed by atoms with Crippen molar-refractivity contribution in [1.82, 2.24) is 9.97 Å². The number of unbranched alkanes of at least 4 members (excludes halogenated alkanes) is 8. The molecule has 0 aliphatic rings. The molecule has 172 valence electrons. The second-order valence-electron chi connectivity index (χ2n) is 9.02. The number of hydrogen-bond donors (Lipinski definition) is 0. The third-order valence-electron chi connectivity index (χ3n) is 6.19. The fraction of sp³-hybridized carbons (Fsp3) is 0.643. The van der Waals surface area contributed by atoms with E-state index in [9.17, 15) is 0 Å². The Morgan fingerprint density at radius 2 is 1.42 bits per heavy atom. The number of aryl methyl sites for hydroxylation is 1. The van der Waals surface area contributed by atoms with Crippen molar-refractivity contribution in [2.45, 2.75) is 104 Å². The van der Waals surface area contributed by atoms with Crippen molar-refractivity contribution in [2.75, 3.05) is 6.61 Å². The number of aromatic nitrogens is 2. The second kappa shape index (κ2) is 15.8. The molecule has 0 bridgehead atoms. The summed E-state index contributed by atoms with van der Waals surface area (Å²) < 4.78 is 5.89. The third-order valence-corrected chi connectivity index (χ3v) is 6.19. The van der Waals surface area contributed by atoms with Crippen LogP contribution in [0, 0.1) is 5.92 Å². The van der Waals surface area contributed by atoms with Crippen molar-refractivity contribution in [2.24, 2.45) is 5.92 Å². The van der Waals surface area contributed by atoms with Gasteiger partial charge < -0.3 is 4.74 Å². The average Bonchev–Trinajstić information content (AvgIpc) is 2.81. The Hall–Kier alpha value is -1.90. The van der Waals surface area contributed by atoms with Crippen molar-refractivity contribution in [3.63, 3.8) is 0 Å². The highest BCUT2D eigenvalue weighted by Crippen LogP contribution is 2.20. The van der Waals surface area contributed by atoms with E-state index in [1.807, 2.05) is 24.5 Å². The lowest BCUT2D eigenvalue weighted by molar-refractivity contribution is 0.302. The molecule has 0 radical (unpaired) electrons. The summed E-state index contributed by atoms with van der Waals surface area (Å²) in [5, 5.41) is 0. The van der Waals surface area contributed by atoms with Crippen LogP contribution in [0.4, 0.5) is 0 Å². The van der Waals surface area contributed by atoms with Crippen LogP contribution in [0.1, 0.15) is 103 Å². The van der Waals surface area contributed by atoms with E-state index >= 15 is 0 Å². The Bertz CT molecular complexity index is 681. The smallest absolute Gasteiger partial charge is 0.159 e. The number of hydrogen-bond acceptors (Lipinski definition) is 3. The molecule has 0 aliphatic heterocycles. The highest BCUT2D eigenvalue weighted by molar-refractivity contribution is 5.55. The maximum absolute atomic E-state index is 5.89. The monoisotopic (exact) mass is 424 g/mol. The fourth-order valence-electron chi connectivity index (χ4n) is 3.79. The summed E-state index contributed by atoms with van der Waals surface area (Å²) in [7, 11) is 0. The van der Waals surface area contributed by atoms with Gasteiger partial charge in [0.1, 0.15) is 5.75 Å². The van der Waals surface area contributed by atoms with Crippen molar-refractivity contribution in [3.8, 4) is 17.1 Å². The van der Waals surface area contributed by atoms with Gasteiger partial charge in [0.05, 0.1) is 6.61 Å². The molecule has 2 aromatic rings. The largest absolute Gasteiger partial charge is 0.494 e. The van der Waals surface area contributed by atoms with E-state index in [1.165, 1.54) is 76.2 Å². The molecule has 0 saturated heterocycles. The maximum atomic E-state index is 5.89. The molecule has 1 aromatic carbocycles. The highest BCUT2D eigenvalue weighted by Gasteiger charge is 2.03. The minimum Gasteiger partial charge on any atom is -0.494 e. The van der Waals surface area contributed by atoms with Gasteiger partial charge in [-0.2, -0.15) is 0 Å². The lowest BCUT2D eigenvalue weighted by Gasteiger charge is -2.09. The molecule has 0 spiro atoms. The highest BCUT2D eigenvalue weighted by atomic mass is 16.5. The predicted octanol–water partition coefficient (Wildman–Crippen LogP) is 8.42. The SMILES string of the molecule is CCCCCCCCCc1cnc(-c2ccc(OCCCCC[C@@H](C)CC)cc2)nc1. The molecule has 0 amide bonds. The summed E-state index contributed by atoms with van der Waals surface area (Å²) in [5.41, 5.74) is 2.29. The quantitative estimate of drug-likeness (QED) is 0.239. The van der Waals surface area contributed by atoms with Crippen LogP contribution in [0.2, 0.25) is 0 Å². The molecule has 0 aliphatic carbocycles. The molecular formula is C28H44N2O. The van der Waals surface area contributed by atoms with Crippen LogP contribution >= 0.6 is 0 Å². The minimum atomic E-state index is 0.792. The van der Waals surface area contributed by atoms with Crippen LogP contribution in [-0.4, -0.2) is 16.6 Å². The first-order valence-electron chi connectivity index (χ1n) is 12.8. The van der Waals surface area contributed by atoms with Crippen LogP contribution in [0.25, 0.3) is 11.4 Å². The Balaban J connectivity index is 1.65. The van der Waals surface area contributed by atoms with Gasteiger partial charge in [-0.05, 0) is 55.0 Å². The summed E-state index contributed by atoms with van der Waals surface area (Å²) in [5.74, 6) is 2.58. The zero-order chi connectivity index (χ0) is 22.2. The third kappa shape index (κ3) is 10.8. The van der Waals surface area contributed by atoms with Gasteiger partial charge in [0.2, 0.25) is 0 Å². The predicted molar refractivity (Wildman–Crippen MR) is 133 cm³/mol. The molecule has 1 atom stereocenters. The van der Waals surface area contributed by atoms with E-state index in [-0.39, 0.29) is 0 Å². The number of ether oxygens (including phenoxy) is 1. The molecule has 1 heterocycles. The number of rotatable bonds is 17. The number of nitrogens with zero attached hydrogens (tertiary/aromatic N) is 2. The molecule has 0 saturated carbocycles. The van der Waals surface area contributed by atoms with E-state index in [0.29, 0.717) is 0 Å². The molecule has 0 fully saturated rings. The molecule has 0 unspecified atom stereocenters. The summed E-state index contributed by atoms with van der Waals surface area (Å²) >= 11 is 0. The molecule has 1 aromatic heterocycles. The summed E-state index contributed by atoms with van der Waals surface area (Å²) in [6, 6.07) is 8.18. The number of benzene rings is 1. The van der Waals surface area contributed by atoms with E-state index < -0.39 is 0 Å². The van der Waals surface area contributed by atoms with E-state index in [0.717, 1.165) is 42.5 Å². The van der Waals surface area contributed by atoms with Crippen molar-refractivity contribution >= 4 is 0 Å². The Morgan fingerprint density at radius 1 is 0.774 bits per heavy atom. The lowest BCUT2D eigenvalue weighted by atomic mass is 10.0. The first kappa shape index (κ1) is 25.4. The van der Waals surface area contributed by atoms with Gasteiger partial charge in [-0.15, -0.1) is 0 Å². The van der Waals surface area contributed by atoms with Gasteiger partial charge in [0.15, 0.2) is 5.82 Å². The fourth-order valence-corrected chi connectivity index (χ4v) is 3.79.